The van der Waals surface area contributed by atoms with Crippen LogP contribution in [0.5, 0.6) is 5.75 Å². The third-order valence-corrected chi connectivity index (χ3v) is 5.02. The van der Waals surface area contributed by atoms with Gasteiger partial charge in [-0.3, -0.25) is 25.8 Å². The van der Waals surface area contributed by atoms with Gasteiger partial charge in [-0.05, 0) is 67.5 Å². The number of carbonyl (C=O) groups is 2. The topological polar surface area (TPSA) is 79.5 Å². The predicted molar refractivity (Wildman–Crippen MR) is 115 cm³/mol. The van der Waals surface area contributed by atoms with Crippen molar-refractivity contribution in [2.24, 2.45) is 0 Å². The van der Waals surface area contributed by atoms with E-state index in [1.807, 2.05) is 32.0 Å². The molecule has 0 aromatic heterocycles. The van der Waals surface area contributed by atoms with Crippen LogP contribution < -0.4 is 20.9 Å². The lowest BCUT2D eigenvalue weighted by Crippen LogP contribution is -2.49. The van der Waals surface area contributed by atoms with Crippen molar-refractivity contribution in [2.75, 3.05) is 6.61 Å². The van der Waals surface area contributed by atoms with Crippen molar-refractivity contribution in [3.8, 4) is 5.75 Å². The van der Waals surface area contributed by atoms with Crippen molar-refractivity contribution in [1.29, 1.82) is 0 Å². The molecule has 9 heteroatoms. The van der Waals surface area contributed by atoms with E-state index in [1.165, 1.54) is 0 Å². The van der Waals surface area contributed by atoms with Gasteiger partial charge in [0.1, 0.15) is 5.75 Å². The van der Waals surface area contributed by atoms with E-state index in [0.717, 1.165) is 20.1 Å². The Bertz CT molecular complexity index is 890. The van der Waals surface area contributed by atoms with Gasteiger partial charge in [-0.2, -0.15) is 0 Å². The largest absolute Gasteiger partial charge is 0.483 e. The maximum absolute atomic E-state index is 12.1. The molecule has 0 aliphatic carbocycles. The first-order valence-corrected chi connectivity index (χ1v) is 9.81. The summed E-state index contributed by atoms with van der Waals surface area (Å²) in [5, 5.41) is 2.40. The molecule has 0 spiro atoms. The molecule has 2 aromatic carbocycles. The molecule has 0 aliphatic rings. The van der Waals surface area contributed by atoms with Crippen LogP contribution in [0.15, 0.2) is 45.3 Å². The van der Waals surface area contributed by atoms with Gasteiger partial charge < -0.3 is 4.74 Å². The van der Waals surface area contributed by atoms with Gasteiger partial charge in [-0.15, -0.1) is 0 Å². The number of halogens is 2. The second-order valence-corrected chi connectivity index (χ2v) is 7.80. The molecule has 0 radical (unpaired) electrons. The molecule has 0 saturated heterocycles. The lowest BCUT2D eigenvalue weighted by atomic mass is 10.1. The Hall–Kier alpha value is -1.97. The fourth-order valence-corrected chi connectivity index (χ4v) is 3.05. The predicted octanol–water partition coefficient (Wildman–Crippen LogP) is 3.54. The number of aryl methyl sites for hydroxylation is 2. The highest BCUT2D eigenvalue weighted by atomic mass is 79.9. The van der Waals surface area contributed by atoms with E-state index in [0.29, 0.717) is 11.3 Å². The van der Waals surface area contributed by atoms with E-state index in [1.54, 1.807) is 18.2 Å². The van der Waals surface area contributed by atoms with E-state index in [2.05, 4.69) is 48.0 Å². The molecule has 2 aromatic rings. The maximum atomic E-state index is 12.1. The summed E-state index contributed by atoms with van der Waals surface area (Å²) in [6.07, 6.45) is 0. The summed E-state index contributed by atoms with van der Waals surface area (Å²) >= 11 is 11.7. The number of thiocarbonyl (C=S) groups is 1. The first-order chi connectivity index (χ1) is 12.8. The minimum atomic E-state index is -0.442. The normalized spacial score (nSPS) is 10.1. The molecule has 0 atom stereocenters. The third-order valence-electron chi connectivity index (χ3n) is 3.47. The number of nitrogens with one attached hydrogen (secondary N) is 3. The highest BCUT2D eigenvalue weighted by Crippen LogP contribution is 2.22. The maximum Gasteiger partial charge on any atom is 0.269 e. The molecule has 0 bridgehead atoms. The monoisotopic (exact) mass is 513 g/mol. The summed E-state index contributed by atoms with van der Waals surface area (Å²) in [6, 6.07) is 10.7. The van der Waals surface area contributed by atoms with Crippen LogP contribution in [0.1, 0.15) is 21.5 Å². The van der Waals surface area contributed by atoms with Crippen LogP contribution in [-0.2, 0) is 4.79 Å². The van der Waals surface area contributed by atoms with Crippen molar-refractivity contribution < 1.29 is 14.3 Å². The zero-order valence-corrected chi connectivity index (χ0v) is 18.5. The molecule has 2 rings (SSSR count). The summed E-state index contributed by atoms with van der Waals surface area (Å²) in [6.45, 7) is 3.60. The molecular weight excluding hydrogens is 498 g/mol. The molecule has 0 unspecified atom stereocenters. The average Bonchev–Trinajstić information content (AvgIpc) is 2.61. The highest BCUT2D eigenvalue weighted by molar-refractivity contribution is 9.10. The van der Waals surface area contributed by atoms with Gasteiger partial charge in [-0.25, -0.2) is 0 Å². The van der Waals surface area contributed by atoms with E-state index < -0.39 is 5.91 Å². The first-order valence-electron chi connectivity index (χ1n) is 7.81. The van der Waals surface area contributed by atoms with Crippen LogP contribution in [0.3, 0.4) is 0 Å². The molecule has 6 nitrogen and oxygen atoms in total. The molecule has 0 saturated carbocycles. The standard InChI is InChI=1S/C18H17Br2N3O3S/c1-10-3-4-12(8-14(10)20)17(25)22-23-18(27)21-16(24)9-26-15-6-5-13(19)7-11(15)2/h3-8H,9H2,1-2H3,(H,22,25)(H2,21,23,24,27). The van der Waals surface area contributed by atoms with E-state index in [-0.39, 0.29) is 17.6 Å². The third kappa shape index (κ3) is 6.60. The summed E-state index contributed by atoms with van der Waals surface area (Å²) in [5.41, 5.74) is 7.28. The Morgan fingerprint density at radius 1 is 1.04 bits per heavy atom. The summed E-state index contributed by atoms with van der Waals surface area (Å²) in [7, 11) is 0. The summed E-state index contributed by atoms with van der Waals surface area (Å²) in [4.78, 5) is 24.0. The number of rotatable bonds is 4. The fraction of sp³-hybridized carbons (Fsp3) is 0.167. The first kappa shape index (κ1) is 21.3. The van der Waals surface area contributed by atoms with Gasteiger partial charge in [0.2, 0.25) is 0 Å². The van der Waals surface area contributed by atoms with Crippen molar-refractivity contribution in [3.05, 3.63) is 62.0 Å². The molecule has 0 aliphatic heterocycles. The van der Waals surface area contributed by atoms with E-state index in [4.69, 9.17) is 17.0 Å². The zero-order valence-electron chi connectivity index (χ0n) is 14.6. The molecule has 3 N–H and O–H groups in total. The molecule has 0 fully saturated rings. The molecule has 142 valence electrons. The average molecular weight is 515 g/mol. The number of hydrogen-bond acceptors (Lipinski definition) is 4. The summed E-state index contributed by atoms with van der Waals surface area (Å²) < 4.78 is 7.22. The Kier molecular flexibility index (Phi) is 7.76. The second kappa shape index (κ2) is 9.82. The van der Waals surface area contributed by atoms with Gasteiger partial charge in [0, 0.05) is 14.5 Å². The molecular formula is C18H17Br2N3O3S. The van der Waals surface area contributed by atoms with Crippen LogP contribution in [0.4, 0.5) is 0 Å². The number of benzene rings is 2. The highest BCUT2D eigenvalue weighted by Gasteiger charge is 2.10. The Labute approximate surface area is 179 Å². The van der Waals surface area contributed by atoms with E-state index in [9.17, 15) is 9.59 Å². The second-order valence-electron chi connectivity index (χ2n) is 5.62. The number of ether oxygens (including phenoxy) is 1. The minimum Gasteiger partial charge on any atom is -0.483 e. The Morgan fingerprint density at radius 3 is 2.44 bits per heavy atom. The van der Waals surface area contributed by atoms with Crippen LogP contribution >= 0.6 is 44.1 Å². The number of hydrazine groups is 1. The van der Waals surface area contributed by atoms with Crippen LogP contribution in [0.25, 0.3) is 0 Å². The molecule has 2 amide bonds. The van der Waals surface area contributed by atoms with Gasteiger partial charge >= 0.3 is 0 Å². The zero-order chi connectivity index (χ0) is 20.0. The lowest BCUT2D eigenvalue weighted by molar-refractivity contribution is -0.121. The fourth-order valence-electron chi connectivity index (χ4n) is 2.03. The minimum absolute atomic E-state index is 0.0318. The Morgan fingerprint density at radius 2 is 1.78 bits per heavy atom. The van der Waals surface area contributed by atoms with Crippen LogP contribution in [0, 0.1) is 13.8 Å². The van der Waals surface area contributed by atoms with Gasteiger partial charge in [0.15, 0.2) is 11.7 Å². The van der Waals surface area contributed by atoms with Gasteiger partial charge in [0.05, 0.1) is 0 Å². The quantitative estimate of drug-likeness (QED) is 0.429. The lowest BCUT2D eigenvalue weighted by Gasteiger charge is -2.12. The van der Waals surface area contributed by atoms with Crippen LogP contribution in [-0.4, -0.2) is 23.5 Å². The van der Waals surface area contributed by atoms with E-state index >= 15 is 0 Å². The van der Waals surface area contributed by atoms with Crippen molar-refractivity contribution in [2.45, 2.75) is 13.8 Å². The summed E-state index contributed by atoms with van der Waals surface area (Å²) in [5.74, 6) is -0.221. The number of amides is 2. The smallest absolute Gasteiger partial charge is 0.269 e. The van der Waals surface area contributed by atoms with Crippen molar-refractivity contribution >= 4 is 61.0 Å². The van der Waals surface area contributed by atoms with Crippen LogP contribution in [0.2, 0.25) is 0 Å². The SMILES string of the molecule is Cc1ccc(C(=O)NNC(=S)NC(=O)COc2ccc(Br)cc2C)cc1Br. The van der Waals surface area contributed by atoms with Crippen molar-refractivity contribution in [3.63, 3.8) is 0 Å². The van der Waals surface area contributed by atoms with Gasteiger partial charge in [-0.1, -0.05) is 37.9 Å². The molecule has 27 heavy (non-hydrogen) atoms. The van der Waals surface area contributed by atoms with Gasteiger partial charge in [0.25, 0.3) is 11.8 Å². The Balaban J connectivity index is 1.78. The number of hydrogen-bond donors (Lipinski definition) is 3. The number of carbonyl (C=O) groups excluding carboxylic acids is 2. The molecule has 0 heterocycles. The van der Waals surface area contributed by atoms with Crippen molar-refractivity contribution in [1.82, 2.24) is 16.2 Å².